The fraction of sp³-hybridized carbons (Fsp3) is 0. The van der Waals surface area contributed by atoms with Gasteiger partial charge < -0.3 is 0 Å². The van der Waals surface area contributed by atoms with Crippen LogP contribution in [0.25, 0.3) is 12.2 Å². The minimum Gasteiger partial charge on any atom is -0.290 e. The Morgan fingerprint density at radius 2 is 1.21 bits per heavy atom. The van der Waals surface area contributed by atoms with Crippen molar-refractivity contribution in [2.45, 2.75) is 0 Å². The van der Waals surface area contributed by atoms with Gasteiger partial charge in [0.2, 0.25) is 0 Å². The summed E-state index contributed by atoms with van der Waals surface area (Å²) in [6.07, 6.45) is 5.47. The largest absolute Gasteiger partial charge is 0.290 e. The predicted octanol–water partition coefficient (Wildman–Crippen LogP) is 3.80. The van der Waals surface area contributed by atoms with Crippen molar-refractivity contribution in [2.75, 3.05) is 0 Å². The van der Waals surface area contributed by atoms with E-state index in [0.717, 1.165) is 0 Å². The van der Waals surface area contributed by atoms with Crippen LogP contribution >= 0.6 is 0 Å². The second-order valence-corrected chi connectivity index (χ2v) is 4.77. The van der Waals surface area contributed by atoms with E-state index >= 15 is 0 Å². The van der Waals surface area contributed by atoms with Gasteiger partial charge in [-0.15, -0.1) is 0 Å². The number of allylic oxidation sites excluding steroid dienone is 2. The predicted molar refractivity (Wildman–Crippen MR) is 89.3 cm³/mol. The van der Waals surface area contributed by atoms with Crippen LogP contribution in [0.4, 0.5) is 11.4 Å². The van der Waals surface area contributed by atoms with Gasteiger partial charge in [0.15, 0.2) is 5.78 Å². The molecule has 24 heavy (non-hydrogen) atoms. The van der Waals surface area contributed by atoms with Crippen LogP contribution < -0.4 is 0 Å². The molecule has 0 aliphatic carbocycles. The van der Waals surface area contributed by atoms with E-state index in [1.165, 1.54) is 60.7 Å². The van der Waals surface area contributed by atoms with Gasteiger partial charge in [-0.25, -0.2) is 0 Å². The number of non-ortho nitro benzene ring substituents is 2. The van der Waals surface area contributed by atoms with Gasteiger partial charge in [-0.05, 0) is 23.3 Å². The fourth-order valence-electron chi connectivity index (χ4n) is 1.90. The zero-order chi connectivity index (χ0) is 17.5. The third-order valence-electron chi connectivity index (χ3n) is 3.04. The number of benzene rings is 2. The number of nitro groups is 2. The highest BCUT2D eigenvalue weighted by atomic mass is 16.6. The SMILES string of the molecule is O=C(/C=C\c1cccc([N+](=O)[O-])c1)/C=C\c1cccc([N+](=O)[O-])c1. The molecule has 0 bridgehead atoms. The standard InChI is InChI=1S/C17H12N2O5/c20-17(9-7-13-3-1-5-15(11-13)18(21)22)10-8-14-4-2-6-16(12-14)19(23)24/h1-12H/b9-7-,10-8-. The highest BCUT2D eigenvalue weighted by Crippen LogP contribution is 2.15. The maximum absolute atomic E-state index is 11.8. The minimum atomic E-state index is -0.513. The molecule has 120 valence electrons. The number of nitro benzene ring substituents is 2. The molecule has 0 fully saturated rings. The van der Waals surface area contributed by atoms with Crippen molar-refractivity contribution in [3.05, 3.63) is 92.0 Å². The molecule has 0 aliphatic rings. The average Bonchev–Trinajstić information content (AvgIpc) is 2.58. The Morgan fingerprint density at radius 3 is 1.58 bits per heavy atom. The number of ketones is 1. The van der Waals surface area contributed by atoms with E-state index < -0.39 is 9.85 Å². The van der Waals surface area contributed by atoms with Crippen molar-refractivity contribution in [1.29, 1.82) is 0 Å². The van der Waals surface area contributed by atoms with Crippen LogP contribution in [0.15, 0.2) is 60.7 Å². The first-order valence-corrected chi connectivity index (χ1v) is 6.85. The monoisotopic (exact) mass is 324 g/mol. The first-order chi connectivity index (χ1) is 11.5. The van der Waals surface area contributed by atoms with Crippen molar-refractivity contribution >= 4 is 29.3 Å². The van der Waals surface area contributed by atoms with E-state index in [4.69, 9.17) is 0 Å². The van der Waals surface area contributed by atoms with Crippen LogP contribution in [-0.4, -0.2) is 15.6 Å². The van der Waals surface area contributed by atoms with Gasteiger partial charge in [-0.1, -0.05) is 36.4 Å². The van der Waals surface area contributed by atoms with Crippen molar-refractivity contribution in [2.24, 2.45) is 0 Å². The third kappa shape index (κ3) is 4.70. The Labute approximate surface area is 136 Å². The normalized spacial score (nSPS) is 11.0. The second kappa shape index (κ2) is 7.59. The van der Waals surface area contributed by atoms with Crippen LogP contribution in [-0.2, 0) is 4.79 Å². The summed E-state index contributed by atoms with van der Waals surface area (Å²) in [7, 11) is 0. The number of rotatable bonds is 6. The van der Waals surface area contributed by atoms with Crippen LogP contribution in [0.2, 0.25) is 0 Å². The van der Waals surface area contributed by atoms with Crippen molar-refractivity contribution < 1.29 is 14.6 Å². The van der Waals surface area contributed by atoms with Crippen molar-refractivity contribution in [1.82, 2.24) is 0 Å². The van der Waals surface area contributed by atoms with Crippen molar-refractivity contribution in [3.63, 3.8) is 0 Å². The Bertz CT molecular complexity index is 786. The van der Waals surface area contributed by atoms with Crippen LogP contribution in [0.5, 0.6) is 0 Å². The van der Waals surface area contributed by atoms with Gasteiger partial charge in [0.05, 0.1) is 9.85 Å². The van der Waals surface area contributed by atoms with Crippen molar-refractivity contribution in [3.8, 4) is 0 Å². The van der Waals surface area contributed by atoms with Gasteiger partial charge in [0.25, 0.3) is 11.4 Å². The van der Waals surface area contributed by atoms with E-state index in [0.29, 0.717) is 11.1 Å². The molecule has 0 atom stereocenters. The number of hydrogen-bond donors (Lipinski definition) is 0. The summed E-state index contributed by atoms with van der Waals surface area (Å²) in [5.41, 5.74) is 0.941. The Hall–Kier alpha value is -3.61. The molecule has 0 aromatic heterocycles. The van der Waals surface area contributed by atoms with Crippen LogP contribution in [0.3, 0.4) is 0 Å². The zero-order valence-electron chi connectivity index (χ0n) is 12.4. The molecule has 0 heterocycles. The highest BCUT2D eigenvalue weighted by molar-refractivity contribution is 6.04. The summed E-state index contributed by atoms with van der Waals surface area (Å²) in [4.78, 5) is 32.1. The van der Waals surface area contributed by atoms with Gasteiger partial charge in [0.1, 0.15) is 0 Å². The van der Waals surface area contributed by atoms with Gasteiger partial charge in [-0.2, -0.15) is 0 Å². The van der Waals surface area contributed by atoms with Crippen LogP contribution in [0.1, 0.15) is 11.1 Å². The van der Waals surface area contributed by atoms with E-state index in [1.54, 1.807) is 12.1 Å². The average molecular weight is 324 g/mol. The maximum Gasteiger partial charge on any atom is 0.270 e. The number of nitrogens with zero attached hydrogens (tertiary/aromatic N) is 2. The molecule has 2 rings (SSSR count). The molecular formula is C17H12N2O5. The van der Waals surface area contributed by atoms with E-state index in [2.05, 4.69) is 0 Å². The fourth-order valence-corrected chi connectivity index (χ4v) is 1.90. The zero-order valence-corrected chi connectivity index (χ0v) is 12.4. The summed E-state index contributed by atoms with van der Waals surface area (Å²) < 4.78 is 0. The van der Waals surface area contributed by atoms with Gasteiger partial charge in [-0.3, -0.25) is 25.0 Å². The molecule has 7 nitrogen and oxygen atoms in total. The lowest BCUT2D eigenvalue weighted by atomic mass is 10.1. The summed E-state index contributed by atoms with van der Waals surface area (Å²) in [6.45, 7) is 0. The lowest BCUT2D eigenvalue weighted by molar-refractivity contribution is -0.385. The molecule has 0 saturated carbocycles. The van der Waals surface area contributed by atoms with Gasteiger partial charge >= 0.3 is 0 Å². The summed E-state index contributed by atoms with van der Waals surface area (Å²) >= 11 is 0. The summed E-state index contributed by atoms with van der Waals surface area (Å²) in [5, 5.41) is 21.4. The highest BCUT2D eigenvalue weighted by Gasteiger charge is 2.05. The maximum atomic E-state index is 11.8. The first kappa shape index (κ1) is 16.8. The summed E-state index contributed by atoms with van der Waals surface area (Å²) in [5.74, 6) is -0.340. The molecule has 0 saturated heterocycles. The molecule has 0 aliphatic heterocycles. The Balaban J connectivity index is 2.07. The Kier molecular flexibility index (Phi) is 5.30. The minimum absolute atomic E-state index is 0.0586. The molecule has 2 aromatic carbocycles. The van der Waals surface area contributed by atoms with Gasteiger partial charge in [0, 0.05) is 24.3 Å². The second-order valence-electron chi connectivity index (χ2n) is 4.77. The molecule has 0 spiro atoms. The molecular weight excluding hydrogens is 312 g/mol. The molecule has 7 heteroatoms. The molecule has 0 unspecified atom stereocenters. The smallest absolute Gasteiger partial charge is 0.270 e. The summed E-state index contributed by atoms with van der Waals surface area (Å²) in [6, 6.07) is 11.8. The number of carbonyl (C=O) groups excluding carboxylic acids is 1. The first-order valence-electron chi connectivity index (χ1n) is 6.85. The topological polar surface area (TPSA) is 103 Å². The van der Waals surface area contributed by atoms with E-state index in [1.807, 2.05) is 0 Å². The number of hydrogen-bond acceptors (Lipinski definition) is 5. The van der Waals surface area contributed by atoms with E-state index in [9.17, 15) is 25.0 Å². The molecule has 0 amide bonds. The van der Waals surface area contributed by atoms with E-state index in [-0.39, 0.29) is 17.2 Å². The molecule has 0 N–H and O–H groups in total. The Morgan fingerprint density at radius 1 is 0.792 bits per heavy atom. The third-order valence-corrected chi connectivity index (χ3v) is 3.04. The lowest BCUT2D eigenvalue weighted by Crippen LogP contribution is -1.89. The van der Waals surface area contributed by atoms with Crippen LogP contribution in [0, 0.1) is 20.2 Å². The molecule has 0 radical (unpaired) electrons. The molecule has 2 aromatic rings. The quantitative estimate of drug-likeness (QED) is 0.456. The number of carbonyl (C=O) groups is 1. The lowest BCUT2D eigenvalue weighted by Gasteiger charge is -1.94.